The molecule has 58 heavy (non-hydrogen) atoms. The summed E-state index contributed by atoms with van der Waals surface area (Å²) in [5.74, 6) is -1.15. The molecule has 1 saturated heterocycles. The third-order valence-electron chi connectivity index (χ3n) is 11.1. The predicted octanol–water partition coefficient (Wildman–Crippen LogP) is 14.8. The number of nitrogens with zero attached hydrogens (tertiary/aromatic N) is 1. The lowest BCUT2D eigenvalue weighted by molar-refractivity contribution is -0.334. The highest BCUT2D eigenvalue weighted by atomic mass is 16.9. The van der Waals surface area contributed by atoms with Gasteiger partial charge in [-0.15, -0.1) is 0 Å². The molecule has 7 nitrogen and oxygen atoms in total. The first-order valence-corrected chi connectivity index (χ1v) is 23.9. The van der Waals surface area contributed by atoms with Gasteiger partial charge in [0.15, 0.2) is 0 Å². The summed E-state index contributed by atoms with van der Waals surface area (Å²) in [5.41, 5.74) is 4.99. The van der Waals surface area contributed by atoms with Gasteiger partial charge in [0.25, 0.3) is 5.97 Å². The van der Waals surface area contributed by atoms with Crippen LogP contribution in [0.15, 0.2) is 48.6 Å². The first-order chi connectivity index (χ1) is 27.5. The van der Waals surface area contributed by atoms with E-state index in [1.54, 1.807) is 11.9 Å². The van der Waals surface area contributed by atoms with Crippen LogP contribution in [0.3, 0.4) is 0 Å². The van der Waals surface area contributed by atoms with Gasteiger partial charge in [0.2, 0.25) is 0 Å². The van der Waals surface area contributed by atoms with Crippen molar-refractivity contribution in [3.8, 4) is 0 Å². The molecule has 0 aliphatic carbocycles. The normalized spacial score (nSPS) is 20.3. The Balaban J connectivity index is 2.60. The minimum atomic E-state index is -1.15. The molecule has 1 fully saturated rings. The quantitative estimate of drug-likeness (QED) is 0.0514. The Morgan fingerprint density at radius 1 is 0.621 bits per heavy atom. The first-order valence-electron chi connectivity index (χ1n) is 23.9. The summed E-state index contributed by atoms with van der Waals surface area (Å²) in [7, 11) is 1.77. The lowest BCUT2D eigenvalue weighted by Crippen LogP contribution is -2.55. The summed E-state index contributed by atoms with van der Waals surface area (Å²) >= 11 is 0. The molecular weight excluding hydrogens is 721 g/mol. The van der Waals surface area contributed by atoms with Gasteiger partial charge < -0.3 is 29.6 Å². The van der Waals surface area contributed by atoms with Crippen LogP contribution in [0.2, 0.25) is 0 Å². The Labute approximate surface area is 359 Å². The molecule has 338 valence electrons. The van der Waals surface area contributed by atoms with E-state index in [1.165, 1.54) is 116 Å². The molecule has 0 radical (unpaired) electrons. The van der Waals surface area contributed by atoms with Crippen molar-refractivity contribution in [1.82, 2.24) is 4.90 Å². The Kier molecular flexibility index (Phi) is 28.9. The zero-order valence-corrected chi connectivity index (χ0v) is 39.7. The molecule has 3 atom stereocenters. The zero-order valence-electron chi connectivity index (χ0n) is 39.7. The van der Waals surface area contributed by atoms with Crippen LogP contribution in [0.4, 0.5) is 4.79 Å². The van der Waals surface area contributed by atoms with E-state index >= 15 is 0 Å². The van der Waals surface area contributed by atoms with E-state index in [0.717, 1.165) is 38.5 Å². The lowest BCUT2D eigenvalue weighted by atomic mass is 9.86. The second-order valence-corrected chi connectivity index (χ2v) is 19.2. The van der Waals surface area contributed by atoms with Crippen molar-refractivity contribution in [2.75, 3.05) is 13.7 Å². The van der Waals surface area contributed by atoms with Gasteiger partial charge in [0.1, 0.15) is 5.60 Å². The van der Waals surface area contributed by atoms with Crippen LogP contribution in [-0.4, -0.2) is 59.5 Å². The van der Waals surface area contributed by atoms with Crippen molar-refractivity contribution in [3.05, 3.63) is 48.6 Å². The highest BCUT2D eigenvalue weighted by molar-refractivity contribution is 5.68. The molecule has 1 amide bonds. The summed E-state index contributed by atoms with van der Waals surface area (Å²) in [6.07, 6.45) is 47.7. The summed E-state index contributed by atoms with van der Waals surface area (Å²) < 4.78 is 25.3. The number of nitrogens with two attached hydrogens (primary N) is 1. The van der Waals surface area contributed by atoms with Crippen LogP contribution >= 0.6 is 0 Å². The molecule has 3 unspecified atom stereocenters. The molecular formula is C51H94N2O5. The molecule has 1 heterocycles. The maximum absolute atomic E-state index is 12.9. The zero-order chi connectivity index (χ0) is 43.2. The van der Waals surface area contributed by atoms with Gasteiger partial charge in [-0.05, 0) is 125 Å². The third-order valence-corrected chi connectivity index (χ3v) is 11.1. The average molecular weight is 815 g/mol. The molecule has 2 N–H and O–H groups in total. The van der Waals surface area contributed by atoms with Crippen molar-refractivity contribution in [3.63, 3.8) is 0 Å². The van der Waals surface area contributed by atoms with E-state index in [-0.39, 0.29) is 24.9 Å². The number of ether oxygens (including phenoxy) is 4. The molecule has 1 aliphatic rings. The fraction of sp³-hybridized carbons (Fsp3) is 0.824. The molecule has 0 bridgehead atoms. The number of allylic oxidation sites excluding steroid dienone is 8. The van der Waals surface area contributed by atoms with Crippen LogP contribution in [0.1, 0.15) is 223 Å². The lowest BCUT2D eigenvalue weighted by Gasteiger charge is -2.42. The predicted molar refractivity (Wildman–Crippen MR) is 248 cm³/mol. The number of carbonyl (C=O) groups is 1. The van der Waals surface area contributed by atoms with E-state index < -0.39 is 22.7 Å². The Morgan fingerprint density at radius 2 is 1.00 bits per heavy atom. The molecule has 0 saturated carbocycles. The van der Waals surface area contributed by atoms with Crippen LogP contribution in [0, 0.1) is 0 Å². The SMILES string of the molecule is CCCCCC=CCC=CCCCCCCCC1OC(C)(OCC(C)(N)CC(C)(C)N(C)C(=O)OC(C)(C)C)OC1CCCCCCCC=CCC=CCCCCC. The Hall–Kier alpha value is -1.93. The van der Waals surface area contributed by atoms with E-state index in [1.807, 2.05) is 48.5 Å². The number of hydrogen-bond donors (Lipinski definition) is 1. The summed E-state index contributed by atoms with van der Waals surface area (Å²) in [6, 6.07) is 0. The van der Waals surface area contributed by atoms with E-state index in [9.17, 15) is 4.79 Å². The third kappa shape index (κ3) is 27.8. The molecule has 0 spiro atoms. The molecule has 1 aliphatic heterocycles. The molecule has 0 aromatic carbocycles. The van der Waals surface area contributed by atoms with Crippen molar-refractivity contribution in [1.29, 1.82) is 0 Å². The van der Waals surface area contributed by atoms with Gasteiger partial charge in [-0.25, -0.2) is 4.79 Å². The maximum Gasteiger partial charge on any atom is 0.410 e. The van der Waals surface area contributed by atoms with Crippen LogP contribution in [0.5, 0.6) is 0 Å². The molecule has 0 aromatic heterocycles. The monoisotopic (exact) mass is 815 g/mol. The molecule has 7 heteroatoms. The second kappa shape index (κ2) is 31.0. The largest absolute Gasteiger partial charge is 0.444 e. The topological polar surface area (TPSA) is 83.3 Å². The maximum atomic E-state index is 12.9. The van der Waals surface area contributed by atoms with Gasteiger partial charge in [-0.3, -0.25) is 0 Å². The first kappa shape index (κ1) is 54.1. The summed E-state index contributed by atoms with van der Waals surface area (Å²) in [5, 5.41) is 0. The van der Waals surface area contributed by atoms with E-state index in [2.05, 4.69) is 62.5 Å². The fourth-order valence-corrected chi connectivity index (χ4v) is 7.63. The number of hydrogen-bond acceptors (Lipinski definition) is 6. The number of amides is 1. The van der Waals surface area contributed by atoms with E-state index in [4.69, 9.17) is 24.7 Å². The van der Waals surface area contributed by atoms with Crippen LogP contribution in [-0.2, 0) is 18.9 Å². The molecule has 1 rings (SSSR count). The van der Waals surface area contributed by atoms with Crippen molar-refractivity contribution >= 4 is 6.09 Å². The highest BCUT2D eigenvalue weighted by Crippen LogP contribution is 2.36. The van der Waals surface area contributed by atoms with Crippen molar-refractivity contribution < 1.29 is 23.7 Å². The van der Waals surface area contributed by atoms with Gasteiger partial charge >= 0.3 is 6.09 Å². The standard InChI is InChI=1S/C51H94N2O5/c1-11-13-15-17-19-21-23-25-27-29-31-33-35-37-39-41-45-46(42-40-38-36-34-32-30-28-26-24-22-20-18-16-14-12-2)57-51(9,56-45)55-44-50(8,52)43-49(6,7)53(10)47(54)58-48(3,4)5/h19-22,25-28,45-46H,11-18,23-24,29-44,52H2,1-10H3. The van der Waals surface area contributed by atoms with E-state index in [0.29, 0.717) is 6.42 Å². The van der Waals surface area contributed by atoms with Gasteiger partial charge in [0, 0.05) is 25.0 Å². The number of rotatable bonds is 34. The van der Waals surface area contributed by atoms with Crippen molar-refractivity contribution in [2.24, 2.45) is 5.73 Å². The van der Waals surface area contributed by atoms with Gasteiger partial charge in [0.05, 0.1) is 18.8 Å². The average Bonchev–Trinajstić information content (AvgIpc) is 3.47. The Morgan fingerprint density at radius 3 is 1.40 bits per heavy atom. The summed E-state index contributed by atoms with van der Waals surface area (Å²) in [6.45, 7) is 18.3. The van der Waals surface area contributed by atoms with Gasteiger partial charge in [-0.2, -0.15) is 0 Å². The minimum Gasteiger partial charge on any atom is -0.444 e. The van der Waals surface area contributed by atoms with Crippen LogP contribution < -0.4 is 5.73 Å². The van der Waals surface area contributed by atoms with Crippen LogP contribution in [0.25, 0.3) is 0 Å². The fourth-order valence-electron chi connectivity index (χ4n) is 7.63. The minimum absolute atomic E-state index is 0.00701. The second-order valence-electron chi connectivity index (χ2n) is 19.2. The van der Waals surface area contributed by atoms with Crippen molar-refractivity contribution in [2.45, 2.75) is 258 Å². The Bertz CT molecular complexity index is 1100. The number of carbonyl (C=O) groups excluding carboxylic acids is 1. The summed E-state index contributed by atoms with van der Waals surface area (Å²) in [4.78, 5) is 14.5. The molecule has 0 aromatic rings. The smallest absolute Gasteiger partial charge is 0.410 e. The van der Waals surface area contributed by atoms with Gasteiger partial charge in [-0.1, -0.05) is 140 Å². The number of unbranched alkanes of at least 4 members (excludes halogenated alkanes) is 16. The highest BCUT2D eigenvalue weighted by Gasteiger charge is 2.46.